The highest BCUT2D eigenvalue weighted by atomic mass is 31.2. The van der Waals surface area contributed by atoms with Gasteiger partial charge in [0.25, 0.3) is 0 Å². The fourth-order valence-corrected chi connectivity index (χ4v) is 15.5. The van der Waals surface area contributed by atoms with Crippen LogP contribution in [0.1, 0.15) is 478 Å². The summed E-state index contributed by atoms with van der Waals surface area (Å²) in [6.45, 7) is 9.72. The number of aliphatic hydroxyl groups is 1. The summed E-state index contributed by atoms with van der Waals surface area (Å²) >= 11 is 0. The normalized spacial score (nSPS) is 13.8. The van der Waals surface area contributed by atoms with Gasteiger partial charge in [-0.1, -0.05) is 427 Å². The minimum Gasteiger partial charge on any atom is -0.462 e. The van der Waals surface area contributed by atoms with Gasteiger partial charge in [-0.15, -0.1) is 0 Å². The first-order chi connectivity index (χ1) is 52.4. The number of phosphoric acid groups is 2. The summed E-state index contributed by atoms with van der Waals surface area (Å²) in [6.07, 6.45) is 73.8. The van der Waals surface area contributed by atoms with Crippen LogP contribution in [0.3, 0.4) is 0 Å². The van der Waals surface area contributed by atoms with Crippen LogP contribution in [0.15, 0.2) is 0 Å². The van der Waals surface area contributed by atoms with E-state index in [1.807, 2.05) is 0 Å². The van der Waals surface area contributed by atoms with Gasteiger partial charge in [0.1, 0.15) is 19.3 Å². The van der Waals surface area contributed by atoms with Crippen molar-refractivity contribution in [3.05, 3.63) is 0 Å². The van der Waals surface area contributed by atoms with Gasteiger partial charge in [0.2, 0.25) is 0 Å². The third-order valence-electron chi connectivity index (χ3n) is 21.0. The van der Waals surface area contributed by atoms with E-state index in [0.717, 1.165) is 108 Å². The summed E-state index contributed by atoms with van der Waals surface area (Å²) in [6, 6.07) is 0. The fourth-order valence-electron chi connectivity index (χ4n) is 14.0. The van der Waals surface area contributed by atoms with Gasteiger partial charge < -0.3 is 33.8 Å². The van der Waals surface area contributed by atoms with E-state index in [1.165, 1.54) is 289 Å². The van der Waals surface area contributed by atoms with Crippen molar-refractivity contribution in [1.29, 1.82) is 0 Å². The van der Waals surface area contributed by atoms with E-state index >= 15 is 0 Å². The lowest BCUT2D eigenvalue weighted by Crippen LogP contribution is -2.30. The predicted molar refractivity (Wildman–Crippen MR) is 446 cm³/mol. The zero-order valence-electron chi connectivity index (χ0n) is 71.2. The van der Waals surface area contributed by atoms with E-state index in [9.17, 15) is 43.2 Å². The third-order valence-corrected chi connectivity index (χ3v) is 22.9. The highest BCUT2D eigenvalue weighted by Crippen LogP contribution is 2.45. The van der Waals surface area contributed by atoms with Crippen LogP contribution in [0.2, 0.25) is 0 Å². The molecule has 0 aliphatic rings. The second-order valence-electron chi connectivity index (χ2n) is 32.9. The Labute approximate surface area is 664 Å². The molecule has 0 aromatic carbocycles. The first-order valence-electron chi connectivity index (χ1n) is 46.0. The van der Waals surface area contributed by atoms with Crippen LogP contribution in [-0.4, -0.2) is 96.7 Å². The second kappa shape index (κ2) is 80.3. The summed E-state index contributed by atoms with van der Waals surface area (Å²) < 4.78 is 68.9. The molecule has 642 valence electrons. The van der Waals surface area contributed by atoms with Crippen molar-refractivity contribution in [2.24, 2.45) is 11.8 Å². The molecule has 0 fully saturated rings. The van der Waals surface area contributed by atoms with E-state index in [1.54, 1.807) is 0 Å². The van der Waals surface area contributed by atoms with E-state index in [0.29, 0.717) is 25.7 Å². The summed E-state index contributed by atoms with van der Waals surface area (Å²) in [5.41, 5.74) is 0. The first kappa shape index (κ1) is 106. The fraction of sp³-hybridized carbons (Fsp3) is 0.955. The van der Waals surface area contributed by atoms with E-state index in [-0.39, 0.29) is 25.7 Å². The quantitative estimate of drug-likeness (QED) is 0.0222. The lowest BCUT2D eigenvalue weighted by atomic mass is 10.0. The molecule has 0 spiro atoms. The highest BCUT2D eigenvalue weighted by molar-refractivity contribution is 7.47. The molecule has 5 atom stereocenters. The van der Waals surface area contributed by atoms with Crippen molar-refractivity contribution >= 4 is 39.5 Å². The van der Waals surface area contributed by atoms with Gasteiger partial charge in [0.15, 0.2) is 12.2 Å². The standard InChI is InChI=1S/C89H174O17P2/c1-7-9-11-13-15-17-18-19-20-21-22-23-24-25-26-34-39-44-49-55-61-67-74-89(94)106-85(78-100-87(92)72-66-60-54-48-43-38-33-29-27-31-36-41-46-51-57-63-69-81(3)4)80-104-108(97,98)102-76-83(90)75-101-107(95,96)103-79-84(77-99-86(91)71-65-59-53-16-14-12-10-8-2)105-88(93)73-68-62-56-50-45-40-35-30-28-32-37-42-47-52-58-64-70-82(5)6/h81-85,90H,7-80H2,1-6H3,(H,95,96)(H,97,98)/t83-,84+,85+/m0/s1. The minimum atomic E-state index is -4.97. The molecule has 0 aliphatic carbocycles. The highest BCUT2D eigenvalue weighted by Gasteiger charge is 2.31. The van der Waals surface area contributed by atoms with Gasteiger partial charge >= 0.3 is 39.5 Å². The molecule has 0 rings (SSSR count). The predicted octanol–water partition coefficient (Wildman–Crippen LogP) is 27.4. The number of aliphatic hydroxyl groups excluding tert-OH is 1. The van der Waals surface area contributed by atoms with Gasteiger partial charge in [-0.05, 0) is 37.5 Å². The van der Waals surface area contributed by atoms with Crippen molar-refractivity contribution in [2.45, 2.75) is 496 Å². The smallest absolute Gasteiger partial charge is 0.462 e. The maximum absolute atomic E-state index is 13.2. The number of esters is 4. The molecule has 0 aliphatic heterocycles. The molecule has 0 bridgehead atoms. The van der Waals surface area contributed by atoms with Gasteiger partial charge in [-0.2, -0.15) is 0 Å². The Bertz CT molecular complexity index is 2060. The summed E-state index contributed by atoms with van der Waals surface area (Å²) in [7, 11) is -9.93. The van der Waals surface area contributed by atoms with Gasteiger partial charge in [0.05, 0.1) is 26.4 Å². The number of hydrogen-bond donors (Lipinski definition) is 3. The van der Waals surface area contributed by atoms with Crippen LogP contribution in [0.5, 0.6) is 0 Å². The summed E-state index contributed by atoms with van der Waals surface area (Å²) in [5, 5.41) is 10.7. The molecule has 0 saturated carbocycles. The Hall–Kier alpha value is -1.94. The van der Waals surface area contributed by atoms with Crippen molar-refractivity contribution in [1.82, 2.24) is 0 Å². The molecule has 0 saturated heterocycles. The average molecular weight is 1580 g/mol. The third kappa shape index (κ3) is 82.1. The Morgan fingerprint density at radius 1 is 0.250 bits per heavy atom. The van der Waals surface area contributed by atoms with Crippen LogP contribution in [0.4, 0.5) is 0 Å². The number of unbranched alkanes of at least 4 members (excludes halogenated alkanes) is 58. The van der Waals surface area contributed by atoms with Gasteiger partial charge in [-0.25, -0.2) is 9.13 Å². The molecule has 0 aromatic rings. The minimum absolute atomic E-state index is 0.108. The monoisotopic (exact) mass is 1580 g/mol. The maximum atomic E-state index is 13.2. The number of phosphoric ester groups is 2. The van der Waals surface area contributed by atoms with Crippen LogP contribution in [-0.2, 0) is 65.4 Å². The number of ether oxygens (including phenoxy) is 4. The largest absolute Gasteiger partial charge is 0.472 e. The average Bonchev–Trinajstić information content (AvgIpc) is 0.911. The van der Waals surface area contributed by atoms with E-state index in [4.69, 9.17) is 37.0 Å². The lowest BCUT2D eigenvalue weighted by Gasteiger charge is -2.21. The zero-order valence-corrected chi connectivity index (χ0v) is 73.0. The maximum Gasteiger partial charge on any atom is 0.472 e. The second-order valence-corrected chi connectivity index (χ2v) is 35.8. The molecule has 2 unspecified atom stereocenters. The molecule has 3 N–H and O–H groups in total. The van der Waals surface area contributed by atoms with Gasteiger partial charge in [-0.3, -0.25) is 37.3 Å². The molecule has 0 heterocycles. The van der Waals surface area contributed by atoms with Crippen LogP contribution < -0.4 is 0 Å². The number of rotatable bonds is 88. The Morgan fingerprint density at radius 3 is 0.630 bits per heavy atom. The molecular formula is C89H174O17P2. The molecular weight excluding hydrogens is 1400 g/mol. The number of carbonyl (C=O) groups excluding carboxylic acids is 4. The Balaban J connectivity index is 5.17. The summed E-state index contributed by atoms with van der Waals surface area (Å²) in [4.78, 5) is 73.2. The summed E-state index contributed by atoms with van der Waals surface area (Å²) in [5.74, 6) is -0.480. The topological polar surface area (TPSA) is 237 Å². The van der Waals surface area contributed by atoms with Crippen molar-refractivity contribution in [3.8, 4) is 0 Å². The molecule has 0 aromatic heterocycles. The first-order valence-corrected chi connectivity index (χ1v) is 49.0. The SMILES string of the molecule is CCCCCCCCCCCCCCCCCCCCCCCCC(=O)O[C@H](COC(=O)CCCCCCCCCCCCCCCCCCC(C)C)COP(=O)(O)OC[C@@H](O)COP(=O)(O)OC[C@@H](COC(=O)CCCCCCCCCC)OC(=O)CCCCCCCCCCCCCCCCCCC(C)C. The van der Waals surface area contributed by atoms with Crippen LogP contribution >= 0.6 is 15.6 Å². The van der Waals surface area contributed by atoms with Crippen molar-refractivity contribution in [3.63, 3.8) is 0 Å². The van der Waals surface area contributed by atoms with Crippen LogP contribution in [0, 0.1) is 11.8 Å². The lowest BCUT2D eigenvalue weighted by molar-refractivity contribution is -0.161. The Morgan fingerprint density at radius 2 is 0.426 bits per heavy atom. The van der Waals surface area contributed by atoms with E-state index < -0.39 is 97.5 Å². The molecule has 108 heavy (non-hydrogen) atoms. The van der Waals surface area contributed by atoms with E-state index in [2.05, 4.69) is 41.5 Å². The molecule has 17 nitrogen and oxygen atoms in total. The molecule has 19 heteroatoms. The Kier molecular flexibility index (Phi) is 78.8. The van der Waals surface area contributed by atoms with Crippen molar-refractivity contribution in [2.75, 3.05) is 39.6 Å². The number of hydrogen-bond acceptors (Lipinski definition) is 15. The molecule has 0 amide bonds. The number of carbonyl (C=O) groups is 4. The van der Waals surface area contributed by atoms with Crippen molar-refractivity contribution < 1.29 is 80.2 Å². The zero-order chi connectivity index (χ0) is 79.2. The molecule has 0 radical (unpaired) electrons. The van der Waals surface area contributed by atoms with Gasteiger partial charge in [0, 0.05) is 25.7 Å². The van der Waals surface area contributed by atoms with Crippen LogP contribution in [0.25, 0.3) is 0 Å².